The molecule has 0 bridgehead atoms. The van der Waals surface area contributed by atoms with Crippen molar-refractivity contribution < 1.29 is 9.53 Å². The molecule has 2 aliphatic rings. The second kappa shape index (κ2) is 3.89. The van der Waals surface area contributed by atoms with E-state index in [9.17, 15) is 4.79 Å². The molecule has 0 saturated heterocycles. The van der Waals surface area contributed by atoms with Crippen LogP contribution in [0.3, 0.4) is 0 Å². The molecule has 1 heterocycles. The van der Waals surface area contributed by atoms with E-state index in [0.29, 0.717) is 0 Å². The Bertz CT molecular complexity index is 493. The van der Waals surface area contributed by atoms with E-state index in [0.717, 1.165) is 5.56 Å². The van der Waals surface area contributed by atoms with E-state index in [1.165, 1.54) is 11.4 Å². The van der Waals surface area contributed by atoms with Crippen LogP contribution >= 0.6 is 23.2 Å². The minimum absolute atomic E-state index is 0.108. The molecular formula is C12H10Cl2O2Se. The van der Waals surface area contributed by atoms with Gasteiger partial charge in [0.1, 0.15) is 0 Å². The van der Waals surface area contributed by atoms with Gasteiger partial charge in [-0.15, -0.1) is 0 Å². The Hall–Kier alpha value is -0.211. The van der Waals surface area contributed by atoms with Crippen molar-refractivity contribution in [1.82, 2.24) is 0 Å². The summed E-state index contributed by atoms with van der Waals surface area (Å²) in [5.74, 6) is -0.295. The summed E-state index contributed by atoms with van der Waals surface area (Å²) >= 11 is 12.8. The van der Waals surface area contributed by atoms with Crippen LogP contribution in [0.2, 0.25) is 4.82 Å². The molecule has 0 amide bonds. The van der Waals surface area contributed by atoms with Gasteiger partial charge in [0.05, 0.1) is 0 Å². The van der Waals surface area contributed by atoms with Crippen molar-refractivity contribution in [1.29, 1.82) is 0 Å². The molecule has 1 saturated carbocycles. The first-order valence-electron chi connectivity index (χ1n) is 5.31. The van der Waals surface area contributed by atoms with Gasteiger partial charge in [0.2, 0.25) is 0 Å². The molecule has 1 aromatic carbocycles. The second-order valence-corrected chi connectivity index (χ2v) is 7.72. The number of halogens is 2. The van der Waals surface area contributed by atoms with Gasteiger partial charge in [0, 0.05) is 0 Å². The first-order valence-corrected chi connectivity index (χ1v) is 8.03. The van der Waals surface area contributed by atoms with Gasteiger partial charge in [-0.05, 0) is 0 Å². The Morgan fingerprint density at radius 3 is 2.82 bits per heavy atom. The van der Waals surface area contributed by atoms with Crippen LogP contribution < -0.4 is 4.46 Å². The van der Waals surface area contributed by atoms with E-state index in [1.807, 2.05) is 18.2 Å². The Kier molecular flexibility index (Phi) is 2.71. The molecule has 1 aliphatic heterocycles. The summed E-state index contributed by atoms with van der Waals surface area (Å²) < 4.78 is 6.82. The fourth-order valence-electron chi connectivity index (χ4n) is 2.56. The predicted molar refractivity (Wildman–Crippen MR) is 68.3 cm³/mol. The quantitative estimate of drug-likeness (QED) is 0.444. The van der Waals surface area contributed by atoms with Crippen molar-refractivity contribution in [3.8, 4) is 0 Å². The first-order chi connectivity index (χ1) is 8.07. The van der Waals surface area contributed by atoms with Crippen LogP contribution in [0, 0.1) is 0 Å². The van der Waals surface area contributed by atoms with E-state index >= 15 is 0 Å². The Labute approximate surface area is 116 Å². The third-order valence-corrected chi connectivity index (χ3v) is 8.01. The summed E-state index contributed by atoms with van der Waals surface area (Å²) in [6, 6.07) is 8.03. The molecule has 0 radical (unpaired) electrons. The normalized spacial score (nSPS) is 37.9. The van der Waals surface area contributed by atoms with Gasteiger partial charge >= 0.3 is 116 Å². The molecule has 5 heteroatoms. The molecular weight excluding hydrogens is 326 g/mol. The molecule has 3 rings (SSSR count). The van der Waals surface area contributed by atoms with Gasteiger partial charge in [-0.1, -0.05) is 0 Å². The van der Waals surface area contributed by atoms with E-state index in [-0.39, 0.29) is 36.5 Å². The van der Waals surface area contributed by atoms with Gasteiger partial charge in [0.15, 0.2) is 0 Å². The fraction of sp³-hybridized carbons (Fsp3) is 0.417. The van der Waals surface area contributed by atoms with Crippen LogP contribution in [0.25, 0.3) is 0 Å². The summed E-state index contributed by atoms with van der Waals surface area (Å²) in [6.45, 7) is 1.42. The average Bonchev–Trinajstić information content (AvgIpc) is 2.61. The number of carbonyl (C=O) groups excluding carboxylic acids is 1. The monoisotopic (exact) mass is 336 g/mol. The maximum atomic E-state index is 11.3. The molecule has 4 unspecified atom stereocenters. The van der Waals surface area contributed by atoms with E-state index in [1.54, 1.807) is 0 Å². The van der Waals surface area contributed by atoms with E-state index in [4.69, 9.17) is 27.9 Å². The third-order valence-electron chi connectivity index (χ3n) is 3.28. The summed E-state index contributed by atoms with van der Waals surface area (Å²) in [7, 11) is 0. The number of ether oxygens (including phenoxy) is 1. The van der Waals surface area contributed by atoms with Crippen LogP contribution in [-0.4, -0.2) is 31.7 Å². The Morgan fingerprint density at radius 1 is 1.41 bits per heavy atom. The number of rotatable bonds is 1. The zero-order chi connectivity index (χ0) is 12.2. The SMILES string of the molecule is CC(=O)OC12c3ccccc3[Se]C1C(Cl)C2Cl. The molecule has 0 spiro atoms. The van der Waals surface area contributed by atoms with Crippen molar-refractivity contribution >= 4 is 48.6 Å². The number of esters is 1. The molecule has 90 valence electrons. The molecule has 0 aromatic heterocycles. The van der Waals surface area contributed by atoms with Gasteiger partial charge in [-0.25, -0.2) is 0 Å². The van der Waals surface area contributed by atoms with E-state index in [2.05, 4.69) is 6.07 Å². The third kappa shape index (κ3) is 1.43. The van der Waals surface area contributed by atoms with Gasteiger partial charge in [0.25, 0.3) is 0 Å². The van der Waals surface area contributed by atoms with Crippen LogP contribution in [0.1, 0.15) is 12.5 Å². The van der Waals surface area contributed by atoms with Crippen molar-refractivity contribution in [2.45, 2.75) is 28.1 Å². The van der Waals surface area contributed by atoms with Crippen molar-refractivity contribution in [2.75, 3.05) is 0 Å². The zero-order valence-corrected chi connectivity index (χ0v) is 12.2. The molecule has 17 heavy (non-hydrogen) atoms. The fourth-order valence-corrected chi connectivity index (χ4v) is 7.30. The number of benzene rings is 1. The Morgan fingerprint density at radius 2 is 2.12 bits per heavy atom. The molecule has 1 aromatic rings. The zero-order valence-electron chi connectivity index (χ0n) is 9.02. The van der Waals surface area contributed by atoms with Crippen LogP contribution in [-0.2, 0) is 15.1 Å². The summed E-state index contributed by atoms with van der Waals surface area (Å²) in [6.07, 6.45) is 0. The van der Waals surface area contributed by atoms with Crippen LogP contribution in [0.4, 0.5) is 0 Å². The van der Waals surface area contributed by atoms with Gasteiger partial charge in [-0.2, -0.15) is 0 Å². The van der Waals surface area contributed by atoms with Crippen molar-refractivity contribution in [3.05, 3.63) is 29.8 Å². The van der Waals surface area contributed by atoms with Crippen molar-refractivity contribution in [2.24, 2.45) is 0 Å². The molecule has 1 fully saturated rings. The number of carbonyl (C=O) groups is 1. The second-order valence-electron chi connectivity index (χ2n) is 4.27. The summed E-state index contributed by atoms with van der Waals surface area (Å²) in [5, 5.41) is -0.438. The standard InChI is InChI=1S/C12H10Cl2O2Se/c1-6(15)16-12-7-4-2-3-5-8(7)17-11(12)9(13)10(12)14/h2-5,9-11H,1H3. The van der Waals surface area contributed by atoms with Crippen LogP contribution in [0.5, 0.6) is 0 Å². The molecule has 2 nitrogen and oxygen atoms in total. The Balaban J connectivity index is 2.11. The maximum absolute atomic E-state index is 11.3. The topological polar surface area (TPSA) is 26.3 Å². The summed E-state index contributed by atoms with van der Waals surface area (Å²) in [4.78, 5) is 11.5. The molecule has 0 N–H and O–H groups in total. The van der Waals surface area contributed by atoms with Gasteiger partial charge in [-0.3, -0.25) is 0 Å². The van der Waals surface area contributed by atoms with Crippen molar-refractivity contribution in [3.63, 3.8) is 0 Å². The van der Waals surface area contributed by atoms with Crippen LogP contribution in [0.15, 0.2) is 24.3 Å². The number of fused-ring (bicyclic) bond motifs is 3. The molecule has 1 aliphatic carbocycles. The van der Waals surface area contributed by atoms with E-state index < -0.39 is 5.60 Å². The molecule has 4 atom stereocenters. The number of hydrogen-bond donors (Lipinski definition) is 0. The number of hydrogen-bond acceptors (Lipinski definition) is 2. The summed E-state index contributed by atoms with van der Waals surface area (Å²) in [5.41, 5.74) is 0.383. The first kappa shape index (κ1) is 11.9. The van der Waals surface area contributed by atoms with Gasteiger partial charge < -0.3 is 0 Å². The minimum atomic E-state index is -0.670. The predicted octanol–water partition coefficient (Wildman–Crippen LogP) is 1.80. The average molecular weight is 336 g/mol. The number of alkyl halides is 2.